The molecule has 2 aromatic rings. The van der Waals surface area contributed by atoms with Gasteiger partial charge in [0.15, 0.2) is 0 Å². The summed E-state index contributed by atoms with van der Waals surface area (Å²) in [6.07, 6.45) is 3.11. The standard InChI is InChI=1S/C11H7Br2N3O/c12-8-3-4-14-10(5-8)16-11(17)7-1-2-9(13)15-6-7/h1-6H,(H,14,16,17). The van der Waals surface area contributed by atoms with E-state index in [1.807, 2.05) is 0 Å². The summed E-state index contributed by atoms with van der Waals surface area (Å²) in [4.78, 5) is 19.8. The largest absolute Gasteiger partial charge is 0.306 e. The van der Waals surface area contributed by atoms with Crippen LogP contribution in [0.1, 0.15) is 10.4 Å². The van der Waals surface area contributed by atoms with Gasteiger partial charge in [-0.1, -0.05) is 15.9 Å². The highest BCUT2D eigenvalue weighted by molar-refractivity contribution is 9.10. The lowest BCUT2D eigenvalue weighted by Gasteiger charge is -2.04. The Morgan fingerprint density at radius 1 is 1.18 bits per heavy atom. The Kier molecular flexibility index (Phi) is 3.86. The quantitative estimate of drug-likeness (QED) is 0.840. The van der Waals surface area contributed by atoms with Crippen LogP contribution >= 0.6 is 31.9 Å². The van der Waals surface area contributed by atoms with Crippen LogP contribution in [0.25, 0.3) is 0 Å². The molecular formula is C11H7Br2N3O. The average Bonchev–Trinajstić information content (AvgIpc) is 2.29. The highest BCUT2D eigenvalue weighted by Gasteiger charge is 2.07. The Bertz CT molecular complexity index is 543. The van der Waals surface area contributed by atoms with Crippen molar-refractivity contribution >= 4 is 43.6 Å². The number of amides is 1. The molecular weight excluding hydrogens is 350 g/mol. The second kappa shape index (κ2) is 5.37. The molecule has 2 aromatic heterocycles. The maximum Gasteiger partial charge on any atom is 0.258 e. The average molecular weight is 357 g/mol. The van der Waals surface area contributed by atoms with Gasteiger partial charge in [-0.3, -0.25) is 4.79 Å². The SMILES string of the molecule is O=C(Nc1cc(Br)ccn1)c1ccc(Br)nc1. The van der Waals surface area contributed by atoms with Crippen molar-refractivity contribution in [1.29, 1.82) is 0 Å². The fraction of sp³-hybridized carbons (Fsp3) is 0. The van der Waals surface area contributed by atoms with E-state index in [9.17, 15) is 4.79 Å². The van der Waals surface area contributed by atoms with E-state index in [2.05, 4.69) is 47.1 Å². The molecule has 0 aliphatic carbocycles. The number of pyridine rings is 2. The minimum atomic E-state index is -0.240. The molecule has 6 heteroatoms. The summed E-state index contributed by atoms with van der Waals surface area (Å²) in [5.74, 6) is 0.253. The van der Waals surface area contributed by atoms with E-state index in [0.29, 0.717) is 16.0 Å². The molecule has 1 amide bonds. The lowest BCUT2D eigenvalue weighted by atomic mass is 10.3. The third kappa shape index (κ3) is 3.34. The molecule has 1 N–H and O–H groups in total. The van der Waals surface area contributed by atoms with Crippen molar-refractivity contribution in [2.24, 2.45) is 0 Å². The van der Waals surface area contributed by atoms with Gasteiger partial charge in [0.1, 0.15) is 10.4 Å². The molecule has 0 atom stereocenters. The molecule has 0 aliphatic heterocycles. The van der Waals surface area contributed by atoms with Crippen LogP contribution in [-0.2, 0) is 0 Å². The third-order valence-electron chi connectivity index (χ3n) is 1.95. The molecule has 0 aliphatic rings. The van der Waals surface area contributed by atoms with E-state index < -0.39 is 0 Å². The molecule has 0 aromatic carbocycles. The fourth-order valence-electron chi connectivity index (χ4n) is 1.17. The van der Waals surface area contributed by atoms with Crippen molar-refractivity contribution in [1.82, 2.24) is 9.97 Å². The number of carbonyl (C=O) groups excluding carboxylic acids is 1. The Labute approximate surface area is 115 Å². The van der Waals surface area contributed by atoms with Crippen molar-refractivity contribution in [3.63, 3.8) is 0 Å². The Hall–Kier alpha value is -1.27. The molecule has 0 saturated carbocycles. The van der Waals surface area contributed by atoms with Crippen LogP contribution in [-0.4, -0.2) is 15.9 Å². The molecule has 0 spiro atoms. The van der Waals surface area contributed by atoms with E-state index >= 15 is 0 Å². The normalized spacial score (nSPS) is 10.0. The zero-order valence-corrected chi connectivity index (χ0v) is 11.7. The maximum atomic E-state index is 11.8. The summed E-state index contributed by atoms with van der Waals surface area (Å²) in [6, 6.07) is 6.91. The van der Waals surface area contributed by atoms with Gasteiger partial charge >= 0.3 is 0 Å². The lowest BCUT2D eigenvalue weighted by Crippen LogP contribution is -2.13. The van der Waals surface area contributed by atoms with Gasteiger partial charge in [-0.2, -0.15) is 0 Å². The van der Waals surface area contributed by atoms with Crippen molar-refractivity contribution in [2.45, 2.75) is 0 Å². The highest BCUT2D eigenvalue weighted by atomic mass is 79.9. The number of hydrogen-bond donors (Lipinski definition) is 1. The van der Waals surface area contributed by atoms with Crippen LogP contribution in [0.2, 0.25) is 0 Å². The monoisotopic (exact) mass is 355 g/mol. The molecule has 2 rings (SSSR count). The van der Waals surface area contributed by atoms with E-state index in [1.54, 1.807) is 30.5 Å². The minimum absolute atomic E-state index is 0.240. The Balaban J connectivity index is 2.14. The van der Waals surface area contributed by atoms with Gasteiger partial charge in [0, 0.05) is 16.9 Å². The van der Waals surface area contributed by atoms with Gasteiger partial charge in [0.2, 0.25) is 0 Å². The van der Waals surface area contributed by atoms with Gasteiger partial charge in [-0.25, -0.2) is 9.97 Å². The predicted molar refractivity (Wildman–Crippen MR) is 71.8 cm³/mol. The van der Waals surface area contributed by atoms with Crippen LogP contribution in [0.5, 0.6) is 0 Å². The van der Waals surface area contributed by atoms with Crippen LogP contribution in [0.4, 0.5) is 5.82 Å². The van der Waals surface area contributed by atoms with Crippen LogP contribution in [0.15, 0.2) is 45.7 Å². The molecule has 2 heterocycles. The van der Waals surface area contributed by atoms with E-state index in [0.717, 1.165) is 4.47 Å². The zero-order valence-electron chi connectivity index (χ0n) is 8.52. The molecule has 0 bridgehead atoms. The van der Waals surface area contributed by atoms with Crippen molar-refractivity contribution in [3.8, 4) is 0 Å². The second-order valence-corrected chi connectivity index (χ2v) is 4.91. The number of aromatic nitrogens is 2. The van der Waals surface area contributed by atoms with Crippen molar-refractivity contribution in [2.75, 3.05) is 5.32 Å². The Morgan fingerprint density at radius 2 is 2.00 bits per heavy atom. The van der Waals surface area contributed by atoms with Crippen LogP contribution in [0, 0.1) is 0 Å². The number of halogens is 2. The Morgan fingerprint density at radius 3 is 2.65 bits per heavy atom. The van der Waals surface area contributed by atoms with Gasteiger partial charge in [-0.15, -0.1) is 0 Å². The maximum absolute atomic E-state index is 11.8. The van der Waals surface area contributed by atoms with E-state index in [4.69, 9.17) is 0 Å². The summed E-state index contributed by atoms with van der Waals surface area (Å²) < 4.78 is 1.55. The fourth-order valence-corrected chi connectivity index (χ4v) is 1.74. The number of hydrogen-bond acceptors (Lipinski definition) is 3. The number of carbonyl (C=O) groups is 1. The summed E-state index contributed by atoms with van der Waals surface area (Å²) >= 11 is 6.52. The molecule has 0 fully saturated rings. The first kappa shape index (κ1) is 12.2. The summed E-state index contributed by atoms with van der Waals surface area (Å²) in [7, 11) is 0. The number of anilines is 1. The second-order valence-electron chi connectivity index (χ2n) is 3.18. The highest BCUT2D eigenvalue weighted by Crippen LogP contribution is 2.14. The smallest absolute Gasteiger partial charge is 0.258 e. The topological polar surface area (TPSA) is 54.9 Å². The lowest BCUT2D eigenvalue weighted by molar-refractivity contribution is 0.102. The van der Waals surface area contributed by atoms with Crippen LogP contribution in [0.3, 0.4) is 0 Å². The summed E-state index contributed by atoms with van der Waals surface area (Å²) in [5.41, 5.74) is 0.481. The van der Waals surface area contributed by atoms with Gasteiger partial charge in [0.25, 0.3) is 5.91 Å². The van der Waals surface area contributed by atoms with Gasteiger partial charge in [0.05, 0.1) is 5.56 Å². The molecule has 4 nitrogen and oxygen atoms in total. The molecule has 0 saturated heterocycles. The van der Waals surface area contributed by atoms with E-state index in [-0.39, 0.29) is 5.91 Å². The van der Waals surface area contributed by atoms with Crippen LogP contribution < -0.4 is 5.32 Å². The number of rotatable bonds is 2. The van der Waals surface area contributed by atoms with Crippen molar-refractivity contribution < 1.29 is 4.79 Å². The molecule has 86 valence electrons. The van der Waals surface area contributed by atoms with Gasteiger partial charge in [-0.05, 0) is 40.2 Å². The molecule has 17 heavy (non-hydrogen) atoms. The summed E-state index contributed by atoms with van der Waals surface area (Å²) in [5, 5.41) is 2.68. The third-order valence-corrected chi connectivity index (χ3v) is 2.92. The minimum Gasteiger partial charge on any atom is -0.306 e. The van der Waals surface area contributed by atoms with Crippen molar-refractivity contribution in [3.05, 3.63) is 51.3 Å². The number of nitrogens with one attached hydrogen (secondary N) is 1. The van der Waals surface area contributed by atoms with E-state index in [1.165, 1.54) is 6.20 Å². The summed E-state index contributed by atoms with van der Waals surface area (Å²) in [6.45, 7) is 0. The molecule has 0 radical (unpaired) electrons. The number of nitrogens with zero attached hydrogens (tertiary/aromatic N) is 2. The zero-order chi connectivity index (χ0) is 12.3. The first-order valence-electron chi connectivity index (χ1n) is 4.69. The molecule has 0 unspecified atom stereocenters. The first-order valence-corrected chi connectivity index (χ1v) is 6.28. The predicted octanol–water partition coefficient (Wildman–Crippen LogP) is 3.25. The van der Waals surface area contributed by atoms with Gasteiger partial charge < -0.3 is 5.32 Å². The first-order chi connectivity index (χ1) is 8.15.